The zero-order valence-electron chi connectivity index (χ0n) is 8.86. The van der Waals surface area contributed by atoms with Crippen molar-refractivity contribution in [2.45, 2.75) is 6.61 Å². The van der Waals surface area contributed by atoms with Gasteiger partial charge in [-0.3, -0.25) is 0 Å². The van der Waals surface area contributed by atoms with E-state index >= 15 is 0 Å². The number of ether oxygens (including phenoxy) is 1. The van der Waals surface area contributed by atoms with E-state index in [0.29, 0.717) is 16.0 Å². The third-order valence-corrected chi connectivity index (χ3v) is 2.61. The number of rotatable bonds is 3. The Hall–Kier alpha value is -1.62. The highest BCUT2D eigenvalue weighted by atomic mass is 79.9. The number of halogens is 2. The molecule has 0 fully saturated rings. The minimum absolute atomic E-state index is 0.259. The smallest absolute Gasteiger partial charge is 0.129 e. The average molecular weight is 297 g/mol. The van der Waals surface area contributed by atoms with Gasteiger partial charge in [0.05, 0.1) is 0 Å². The van der Waals surface area contributed by atoms with Crippen LogP contribution < -0.4 is 10.5 Å². The van der Waals surface area contributed by atoms with Gasteiger partial charge in [0.2, 0.25) is 0 Å². The first kappa shape index (κ1) is 11.9. The molecule has 0 spiro atoms. The largest absolute Gasteiger partial charge is 0.489 e. The van der Waals surface area contributed by atoms with Crippen molar-refractivity contribution in [1.82, 2.24) is 4.98 Å². The highest BCUT2D eigenvalue weighted by Gasteiger charge is 2.03. The topological polar surface area (TPSA) is 48.1 Å². The van der Waals surface area contributed by atoms with E-state index in [2.05, 4.69) is 20.9 Å². The van der Waals surface area contributed by atoms with Crippen molar-refractivity contribution < 1.29 is 9.13 Å². The van der Waals surface area contributed by atoms with Gasteiger partial charge in [0.15, 0.2) is 0 Å². The lowest BCUT2D eigenvalue weighted by atomic mass is 10.3. The number of aromatic nitrogens is 1. The molecule has 0 atom stereocenters. The van der Waals surface area contributed by atoms with E-state index in [1.807, 2.05) is 6.07 Å². The van der Waals surface area contributed by atoms with Crippen LogP contribution >= 0.6 is 15.9 Å². The zero-order chi connectivity index (χ0) is 12.3. The lowest BCUT2D eigenvalue weighted by molar-refractivity contribution is 0.304. The molecule has 0 aliphatic heterocycles. The van der Waals surface area contributed by atoms with Crippen LogP contribution in [0.15, 0.2) is 41.0 Å². The van der Waals surface area contributed by atoms with Crippen LogP contribution in [0.4, 0.5) is 10.2 Å². The van der Waals surface area contributed by atoms with Crippen molar-refractivity contribution in [2.24, 2.45) is 0 Å². The molecule has 88 valence electrons. The maximum atomic E-state index is 13.1. The summed E-state index contributed by atoms with van der Waals surface area (Å²) in [6, 6.07) is 7.96. The van der Waals surface area contributed by atoms with Crippen LogP contribution in [0.5, 0.6) is 5.75 Å². The van der Waals surface area contributed by atoms with Crippen molar-refractivity contribution >= 4 is 21.7 Å². The summed E-state index contributed by atoms with van der Waals surface area (Å²) in [4.78, 5) is 3.94. The molecule has 1 aromatic heterocycles. The van der Waals surface area contributed by atoms with Gasteiger partial charge in [-0.05, 0) is 18.2 Å². The van der Waals surface area contributed by atoms with Gasteiger partial charge in [0.25, 0.3) is 0 Å². The Bertz CT molecular complexity index is 513. The molecular weight excluding hydrogens is 287 g/mol. The van der Waals surface area contributed by atoms with Crippen LogP contribution in [0.2, 0.25) is 0 Å². The molecule has 0 saturated heterocycles. The molecule has 0 amide bonds. The minimum Gasteiger partial charge on any atom is -0.489 e. The van der Waals surface area contributed by atoms with Crippen molar-refractivity contribution in [3.63, 3.8) is 0 Å². The molecule has 0 radical (unpaired) electrons. The predicted octanol–water partition coefficient (Wildman–Crippen LogP) is 3.14. The van der Waals surface area contributed by atoms with E-state index in [1.165, 1.54) is 12.1 Å². The number of nitrogens with two attached hydrogens (primary N) is 1. The fraction of sp³-hybridized carbons (Fsp3) is 0.0833. The van der Waals surface area contributed by atoms with Gasteiger partial charge >= 0.3 is 0 Å². The van der Waals surface area contributed by atoms with Crippen molar-refractivity contribution in [1.29, 1.82) is 0 Å². The fourth-order valence-electron chi connectivity index (χ4n) is 1.35. The number of anilines is 1. The Morgan fingerprint density at radius 3 is 2.88 bits per heavy atom. The molecule has 2 N–H and O–H groups in total. The van der Waals surface area contributed by atoms with E-state index in [1.54, 1.807) is 18.3 Å². The summed E-state index contributed by atoms with van der Waals surface area (Å²) >= 11 is 3.20. The van der Waals surface area contributed by atoms with Gasteiger partial charge < -0.3 is 10.5 Å². The van der Waals surface area contributed by atoms with E-state index in [0.717, 1.165) is 5.56 Å². The van der Waals surface area contributed by atoms with E-state index in [4.69, 9.17) is 10.5 Å². The Morgan fingerprint density at radius 1 is 1.35 bits per heavy atom. The predicted molar refractivity (Wildman–Crippen MR) is 67.1 cm³/mol. The van der Waals surface area contributed by atoms with Crippen LogP contribution in [0.3, 0.4) is 0 Å². The summed E-state index contributed by atoms with van der Waals surface area (Å²) < 4.78 is 19.2. The van der Waals surface area contributed by atoms with Crippen LogP contribution in [-0.4, -0.2) is 4.98 Å². The second-order valence-corrected chi connectivity index (χ2v) is 4.36. The SMILES string of the molecule is Nc1ncccc1COc1cc(F)cc(Br)c1. The highest BCUT2D eigenvalue weighted by molar-refractivity contribution is 9.10. The van der Waals surface area contributed by atoms with Gasteiger partial charge in [-0.15, -0.1) is 0 Å². The molecule has 5 heteroatoms. The first-order valence-electron chi connectivity index (χ1n) is 4.93. The standard InChI is InChI=1S/C12H10BrFN2O/c13-9-4-10(14)6-11(5-9)17-7-8-2-1-3-16-12(8)15/h1-6H,7H2,(H2,15,16). The molecule has 2 aromatic rings. The number of pyridine rings is 1. The lowest BCUT2D eigenvalue weighted by Crippen LogP contribution is -2.01. The summed E-state index contributed by atoms with van der Waals surface area (Å²) in [5, 5.41) is 0. The molecule has 0 saturated carbocycles. The normalized spacial score (nSPS) is 10.2. The molecule has 2 rings (SSSR count). The quantitative estimate of drug-likeness (QED) is 0.946. The molecule has 0 unspecified atom stereocenters. The van der Waals surface area contributed by atoms with Crippen LogP contribution in [-0.2, 0) is 6.61 Å². The molecule has 0 bridgehead atoms. The Balaban J connectivity index is 2.10. The van der Waals surface area contributed by atoms with Crippen LogP contribution in [0.25, 0.3) is 0 Å². The molecule has 17 heavy (non-hydrogen) atoms. The van der Waals surface area contributed by atoms with Crippen LogP contribution in [0.1, 0.15) is 5.56 Å². The molecule has 1 aromatic carbocycles. The van der Waals surface area contributed by atoms with E-state index in [-0.39, 0.29) is 12.4 Å². The third kappa shape index (κ3) is 3.17. The van der Waals surface area contributed by atoms with Gasteiger partial charge in [-0.25, -0.2) is 9.37 Å². The number of nitrogen functional groups attached to an aromatic ring is 1. The van der Waals surface area contributed by atoms with E-state index < -0.39 is 0 Å². The first-order valence-corrected chi connectivity index (χ1v) is 5.73. The fourth-order valence-corrected chi connectivity index (χ4v) is 1.79. The second-order valence-electron chi connectivity index (χ2n) is 3.44. The summed E-state index contributed by atoms with van der Waals surface area (Å²) in [6.45, 7) is 0.259. The maximum absolute atomic E-state index is 13.1. The average Bonchev–Trinajstić information content (AvgIpc) is 2.27. The molecule has 3 nitrogen and oxygen atoms in total. The van der Waals surface area contributed by atoms with Crippen molar-refractivity contribution in [3.8, 4) is 5.75 Å². The van der Waals surface area contributed by atoms with Gasteiger partial charge in [0, 0.05) is 22.3 Å². The lowest BCUT2D eigenvalue weighted by Gasteiger charge is -2.08. The van der Waals surface area contributed by atoms with E-state index in [9.17, 15) is 4.39 Å². The van der Waals surface area contributed by atoms with Gasteiger partial charge in [0.1, 0.15) is 24.0 Å². The van der Waals surface area contributed by atoms with Crippen LogP contribution in [0, 0.1) is 5.82 Å². The summed E-state index contributed by atoms with van der Waals surface area (Å²) in [6.07, 6.45) is 1.61. The summed E-state index contributed by atoms with van der Waals surface area (Å²) in [5.74, 6) is 0.511. The molecular formula is C12H10BrFN2O. The number of benzene rings is 1. The highest BCUT2D eigenvalue weighted by Crippen LogP contribution is 2.22. The van der Waals surface area contributed by atoms with Gasteiger partial charge in [-0.1, -0.05) is 22.0 Å². The Morgan fingerprint density at radius 2 is 2.18 bits per heavy atom. The monoisotopic (exact) mass is 296 g/mol. The first-order chi connectivity index (χ1) is 8.15. The second kappa shape index (κ2) is 5.14. The molecule has 1 heterocycles. The summed E-state index contributed by atoms with van der Waals surface area (Å²) in [5.41, 5.74) is 6.44. The molecule has 0 aliphatic carbocycles. The third-order valence-electron chi connectivity index (χ3n) is 2.16. The minimum atomic E-state index is -0.353. The number of nitrogens with zero attached hydrogens (tertiary/aromatic N) is 1. The molecule has 0 aliphatic rings. The number of hydrogen-bond acceptors (Lipinski definition) is 3. The van der Waals surface area contributed by atoms with Crippen molar-refractivity contribution in [3.05, 3.63) is 52.4 Å². The maximum Gasteiger partial charge on any atom is 0.129 e. The summed E-state index contributed by atoms with van der Waals surface area (Å²) in [7, 11) is 0. The zero-order valence-corrected chi connectivity index (χ0v) is 10.4. The Labute approximate surface area is 107 Å². The number of hydrogen-bond donors (Lipinski definition) is 1. The Kier molecular flexibility index (Phi) is 3.58. The van der Waals surface area contributed by atoms with Crippen molar-refractivity contribution in [2.75, 3.05) is 5.73 Å². The van der Waals surface area contributed by atoms with Gasteiger partial charge in [-0.2, -0.15) is 0 Å².